The van der Waals surface area contributed by atoms with E-state index in [1.807, 2.05) is 33.8 Å². The zero-order valence-corrected chi connectivity index (χ0v) is 9.69. The predicted octanol–water partition coefficient (Wildman–Crippen LogP) is 3.89. The van der Waals surface area contributed by atoms with Gasteiger partial charge >= 0.3 is 0 Å². The smallest absolute Gasteiger partial charge is 0.0811 e. The first-order valence-electron chi connectivity index (χ1n) is 4.44. The highest BCUT2D eigenvalue weighted by Crippen LogP contribution is 2.17. The minimum absolute atomic E-state index is 0.0370. The first-order chi connectivity index (χ1) is 5.85. The molecule has 0 spiro atoms. The van der Waals surface area contributed by atoms with Crippen LogP contribution in [0.3, 0.4) is 0 Å². The number of ether oxygens (including phenoxy) is 1. The quantitative estimate of drug-likeness (QED) is 0.629. The molecule has 76 valence electrons. The summed E-state index contributed by atoms with van der Waals surface area (Å²) in [5, 5.41) is 0. The third kappa shape index (κ3) is 8.07. The van der Waals surface area contributed by atoms with E-state index in [9.17, 15) is 0 Å². The Bertz CT molecular complexity index is 189. The van der Waals surface area contributed by atoms with Gasteiger partial charge in [0.2, 0.25) is 0 Å². The molecule has 0 fully saturated rings. The van der Waals surface area contributed by atoms with Gasteiger partial charge in [-0.1, -0.05) is 17.2 Å². The van der Waals surface area contributed by atoms with Crippen LogP contribution in [-0.2, 0) is 4.74 Å². The van der Waals surface area contributed by atoms with Crippen molar-refractivity contribution in [2.24, 2.45) is 0 Å². The summed E-state index contributed by atoms with van der Waals surface area (Å²) in [5.41, 5.74) is 2.46. The monoisotopic (exact) mass is 202 g/mol. The molecule has 2 heteroatoms. The topological polar surface area (TPSA) is 9.23 Å². The van der Waals surface area contributed by atoms with Crippen molar-refractivity contribution in [2.75, 3.05) is 0 Å². The second-order valence-electron chi connectivity index (χ2n) is 4.25. The maximum atomic E-state index is 5.76. The Morgan fingerprint density at radius 1 is 1.54 bits per heavy atom. The highest BCUT2D eigenvalue weighted by molar-refractivity contribution is 6.25. The van der Waals surface area contributed by atoms with Gasteiger partial charge in [-0.05, 0) is 40.2 Å². The molecule has 1 atom stereocenters. The molecule has 0 N–H and O–H groups in total. The highest BCUT2D eigenvalue weighted by atomic mass is 35.5. The van der Waals surface area contributed by atoms with E-state index in [1.54, 1.807) is 0 Å². The van der Waals surface area contributed by atoms with E-state index in [4.69, 9.17) is 16.3 Å². The number of hydrogen-bond acceptors (Lipinski definition) is 1. The summed E-state index contributed by atoms with van der Waals surface area (Å²) in [7, 11) is 0. The molecule has 1 unspecified atom stereocenters. The zero-order valence-electron chi connectivity index (χ0n) is 8.93. The van der Waals surface area contributed by atoms with Gasteiger partial charge in [-0.15, -0.1) is 6.58 Å². The minimum Gasteiger partial charge on any atom is -0.368 e. The van der Waals surface area contributed by atoms with Crippen LogP contribution in [0.4, 0.5) is 0 Å². The predicted molar refractivity (Wildman–Crippen MR) is 59.1 cm³/mol. The van der Waals surface area contributed by atoms with Crippen LogP contribution in [0.25, 0.3) is 0 Å². The molecule has 0 aromatic heterocycles. The Labute approximate surface area is 86.4 Å². The highest BCUT2D eigenvalue weighted by Gasteiger charge is 2.16. The molecule has 0 amide bonds. The summed E-state index contributed by atoms with van der Waals surface area (Å²) in [5.74, 6) is 0. The van der Waals surface area contributed by atoms with Gasteiger partial charge < -0.3 is 4.74 Å². The van der Waals surface area contributed by atoms with E-state index in [0.717, 1.165) is 12.0 Å². The van der Waals surface area contributed by atoms with E-state index in [2.05, 4.69) is 6.58 Å². The number of hydrogen-bond donors (Lipinski definition) is 0. The molecule has 0 bridgehead atoms. The lowest BCUT2D eigenvalue weighted by molar-refractivity contribution is -0.0372. The maximum Gasteiger partial charge on any atom is 0.0811 e. The van der Waals surface area contributed by atoms with Crippen LogP contribution in [0.5, 0.6) is 0 Å². The Morgan fingerprint density at radius 2 is 2.08 bits per heavy atom. The summed E-state index contributed by atoms with van der Waals surface area (Å²) in [6.07, 6.45) is 2.71. The van der Waals surface area contributed by atoms with Crippen molar-refractivity contribution in [3.63, 3.8) is 0 Å². The Balaban J connectivity index is 4.18. The molecule has 1 nitrogen and oxygen atoms in total. The molecule has 0 aliphatic rings. The van der Waals surface area contributed by atoms with Gasteiger partial charge in [-0.2, -0.15) is 0 Å². The number of halogens is 1. The lowest BCUT2D eigenvalue weighted by atomic mass is 10.1. The minimum atomic E-state index is -0.142. The van der Waals surface area contributed by atoms with Crippen molar-refractivity contribution in [3.8, 4) is 0 Å². The summed E-state index contributed by atoms with van der Waals surface area (Å²) in [4.78, 5) is 0. The van der Waals surface area contributed by atoms with Gasteiger partial charge in [0.15, 0.2) is 0 Å². The number of rotatable bonds is 4. The third-order valence-electron chi connectivity index (χ3n) is 1.34. The van der Waals surface area contributed by atoms with Crippen LogP contribution >= 0.6 is 11.6 Å². The largest absolute Gasteiger partial charge is 0.368 e. The fraction of sp³-hybridized carbons (Fsp3) is 0.636. The van der Waals surface area contributed by atoms with E-state index < -0.39 is 0 Å². The Morgan fingerprint density at radius 3 is 2.38 bits per heavy atom. The molecule has 0 saturated carbocycles. The molecule has 0 rings (SSSR count). The van der Waals surface area contributed by atoms with E-state index in [1.165, 1.54) is 5.54 Å². The second-order valence-corrected chi connectivity index (χ2v) is 4.50. The van der Waals surface area contributed by atoms with Crippen molar-refractivity contribution in [3.05, 3.63) is 23.8 Å². The summed E-state index contributed by atoms with van der Waals surface area (Å²) in [6.45, 7) is 11.9. The SMILES string of the molecule is C=C(C)CC(/C=C/Cl)OC(C)(C)C. The van der Waals surface area contributed by atoms with Gasteiger partial charge in [-0.3, -0.25) is 0 Å². The first kappa shape index (κ1) is 12.7. The van der Waals surface area contributed by atoms with Crippen LogP contribution in [0.1, 0.15) is 34.1 Å². The third-order valence-corrected chi connectivity index (χ3v) is 1.49. The van der Waals surface area contributed by atoms with Gasteiger partial charge in [-0.25, -0.2) is 0 Å². The molecule has 0 heterocycles. The molecule has 0 aliphatic carbocycles. The standard InChI is InChI=1S/C11H19ClO/c1-9(2)8-10(6-7-12)13-11(3,4)5/h6-7,10H,1,8H2,2-5H3/b7-6+. The zero-order chi connectivity index (χ0) is 10.5. The molecule has 0 aliphatic heterocycles. The fourth-order valence-corrected chi connectivity index (χ4v) is 1.19. The summed E-state index contributed by atoms with van der Waals surface area (Å²) < 4.78 is 5.76. The van der Waals surface area contributed by atoms with Crippen molar-refractivity contribution >= 4 is 11.6 Å². The maximum absolute atomic E-state index is 5.76. The lowest BCUT2D eigenvalue weighted by Gasteiger charge is -2.25. The summed E-state index contributed by atoms with van der Waals surface area (Å²) in [6, 6.07) is 0. The van der Waals surface area contributed by atoms with Crippen LogP contribution < -0.4 is 0 Å². The lowest BCUT2D eigenvalue weighted by Crippen LogP contribution is -2.26. The van der Waals surface area contributed by atoms with Crippen LogP contribution in [0.15, 0.2) is 23.8 Å². The molecular weight excluding hydrogens is 184 g/mol. The van der Waals surface area contributed by atoms with E-state index >= 15 is 0 Å². The van der Waals surface area contributed by atoms with Gasteiger partial charge in [0.1, 0.15) is 0 Å². The molecule has 0 radical (unpaired) electrons. The molecule has 13 heavy (non-hydrogen) atoms. The van der Waals surface area contributed by atoms with Crippen LogP contribution in [0.2, 0.25) is 0 Å². The first-order valence-corrected chi connectivity index (χ1v) is 4.88. The molecule has 0 aromatic carbocycles. The summed E-state index contributed by atoms with van der Waals surface area (Å²) >= 11 is 5.52. The average molecular weight is 203 g/mol. The second kappa shape index (κ2) is 5.46. The van der Waals surface area contributed by atoms with Crippen molar-refractivity contribution in [2.45, 2.75) is 45.8 Å². The van der Waals surface area contributed by atoms with Crippen molar-refractivity contribution in [1.82, 2.24) is 0 Å². The molecule has 0 aromatic rings. The fourth-order valence-electron chi connectivity index (χ4n) is 1.03. The average Bonchev–Trinajstić information content (AvgIpc) is 1.81. The van der Waals surface area contributed by atoms with Crippen molar-refractivity contribution < 1.29 is 4.74 Å². The van der Waals surface area contributed by atoms with E-state index in [-0.39, 0.29) is 11.7 Å². The molecular formula is C11H19ClO. The molecule has 0 saturated heterocycles. The van der Waals surface area contributed by atoms with Gasteiger partial charge in [0.25, 0.3) is 0 Å². The van der Waals surface area contributed by atoms with E-state index in [0.29, 0.717) is 0 Å². The van der Waals surface area contributed by atoms with Gasteiger partial charge in [0, 0.05) is 5.54 Å². The normalized spacial score (nSPS) is 14.8. The van der Waals surface area contributed by atoms with Crippen LogP contribution in [-0.4, -0.2) is 11.7 Å². The van der Waals surface area contributed by atoms with Gasteiger partial charge in [0.05, 0.1) is 11.7 Å². The van der Waals surface area contributed by atoms with Crippen LogP contribution in [0, 0.1) is 0 Å². The Hall–Kier alpha value is -0.270. The Kier molecular flexibility index (Phi) is 5.34. The van der Waals surface area contributed by atoms with Crippen molar-refractivity contribution in [1.29, 1.82) is 0 Å².